The topological polar surface area (TPSA) is 125 Å². The minimum Gasteiger partial charge on any atom is -0.756 e. The van der Waals surface area contributed by atoms with Crippen LogP contribution in [-0.4, -0.2) is 74.3 Å². The number of carbonyl (C=O) groups excluding carboxylic acids is 2. The normalized spacial score (nSPS) is 14.9. The summed E-state index contributed by atoms with van der Waals surface area (Å²) in [5, 5.41) is 13.6. The van der Waals surface area contributed by atoms with Gasteiger partial charge in [-0.15, -0.1) is 0 Å². The number of hydrogen-bond donors (Lipinski definition) is 2. The predicted octanol–water partition coefficient (Wildman–Crippen LogP) is 8.90. The van der Waals surface area contributed by atoms with Crippen LogP contribution in [0, 0.1) is 0 Å². The summed E-state index contributed by atoms with van der Waals surface area (Å²) in [6, 6.07) is -0.930. The summed E-state index contributed by atoms with van der Waals surface area (Å²) in [6.07, 6.45) is 32.8. The molecule has 0 fully saturated rings. The molecule has 1 unspecified atom stereocenters. The minimum absolute atomic E-state index is 0.0238. The number of amides is 1. The van der Waals surface area contributed by atoms with Crippen LogP contribution < -0.4 is 10.2 Å². The number of phosphoric ester groups is 1. The molecule has 0 aromatic rings. The molecule has 0 saturated carbocycles. The molecular formula is C40H75N2O7P. The van der Waals surface area contributed by atoms with E-state index in [9.17, 15) is 24.2 Å². The number of aliphatic hydroxyl groups excluding tert-OH is 1. The number of carbonyl (C=O) groups is 2. The fourth-order valence-electron chi connectivity index (χ4n) is 5.31. The number of rotatable bonds is 35. The number of unbranched alkanes of at least 4 members (excludes halogenated alkanes) is 17. The van der Waals surface area contributed by atoms with Gasteiger partial charge >= 0.3 is 0 Å². The summed E-state index contributed by atoms with van der Waals surface area (Å²) >= 11 is 0. The second kappa shape index (κ2) is 32.1. The molecule has 0 saturated heterocycles. The van der Waals surface area contributed by atoms with Crippen molar-refractivity contribution in [3.05, 3.63) is 36.5 Å². The number of allylic oxidation sites excluding steroid dienone is 5. The number of hydrogen-bond acceptors (Lipinski definition) is 7. The van der Waals surface area contributed by atoms with Crippen molar-refractivity contribution in [2.45, 2.75) is 167 Å². The lowest BCUT2D eigenvalue weighted by atomic mass is 10.1. The van der Waals surface area contributed by atoms with Gasteiger partial charge in [0.15, 0.2) is 5.78 Å². The van der Waals surface area contributed by atoms with Crippen LogP contribution in [0.25, 0.3) is 0 Å². The highest BCUT2D eigenvalue weighted by atomic mass is 31.2. The zero-order valence-corrected chi connectivity index (χ0v) is 33.5. The molecule has 0 spiro atoms. The zero-order valence-electron chi connectivity index (χ0n) is 32.6. The number of nitrogens with zero attached hydrogens (tertiary/aromatic N) is 1. The van der Waals surface area contributed by atoms with Gasteiger partial charge in [-0.1, -0.05) is 134 Å². The molecule has 0 aliphatic rings. The van der Waals surface area contributed by atoms with E-state index in [2.05, 4.69) is 25.2 Å². The Kier molecular flexibility index (Phi) is 31.0. The van der Waals surface area contributed by atoms with Crippen molar-refractivity contribution in [1.82, 2.24) is 5.32 Å². The Labute approximate surface area is 306 Å². The Morgan fingerprint density at radius 2 is 1.26 bits per heavy atom. The third-order valence-corrected chi connectivity index (χ3v) is 9.53. The highest BCUT2D eigenvalue weighted by Crippen LogP contribution is 2.38. The molecule has 1 amide bonds. The van der Waals surface area contributed by atoms with E-state index in [1.165, 1.54) is 70.6 Å². The Morgan fingerprint density at radius 3 is 1.88 bits per heavy atom. The average Bonchev–Trinajstić information content (AvgIpc) is 3.05. The molecule has 3 atom stereocenters. The SMILES string of the molecule is CCCCC/C=C\C=C\C(=O)CCCCCCCC(=O)N[C@@H](COP(=O)([O-])OCC[N+](C)(C)C)[C@H](O)/C=C/CCCCCCCCCCCC. The van der Waals surface area contributed by atoms with Crippen molar-refractivity contribution < 1.29 is 37.7 Å². The van der Waals surface area contributed by atoms with Crippen LogP contribution in [0.4, 0.5) is 0 Å². The van der Waals surface area contributed by atoms with Gasteiger partial charge in [0.05, 0.1) is 39.9 Å². The second-order valence-corrected chi connectivity index (χ2v) is 16.1. The minimum atomic E-state index is -4.61. The summed E-state index contributed by atoms with van der Waals surface area (Å²) in [6.45, 7) is 4.45. The Morgan fingerprint density at radius 1 is 0.740 bits per heavy atom. The van der Waals surface area contributed by atoms with E-state index in [1.807, 2.05) is 39.4 Å². The lowest BCUT2D eigenvalue weighted by molar-refractivity contribution is -0.870. The van der Waals surface area contributed by atoms with E-state index in [1.54, 1.807) is 12.2 Å². The number of likely N-dealkylation sites (N-methyl/N-ethyl adjacent to an activating group) is 1. The first kappa shape index (κ1) is 48.4. The molecule has 50 heavy (non-hydrogen) atoms. The fraction of sp³-hybridized carbons (Fsp3) is 0.800. The summed E-state index contributed by atoms with van der Waals surface area (Å²) in [7, 11) is 1.18. The van der Waals surface area contributed by atoms with E-state index >= 15 is 0 Å². The Bertz CT molecular complexity index is 977. The molecule has 0 radical (unpaired) electrons. The maximum Gasteiger partial charge on any atom is 0.268 e. The van der Waals surface area contributed by atoms with Crippen LogP contribution in [0.3, 0.4) is 0 Å². The first-order chi connectivity index (χ1) is 23.9. The van der Waals surface area contributed by atoms with Crippen molar-refractivity contribution in [3.63, 3.8) is 0 Å². The number of quaternary nitrogens is 1. The van der Waals surface area contributed by atoms with Crippen molar-refractivity contribution in [1.29, 1.82) is 0 Å². The van der Waals surface area contributed by atoms with Gasteiger partial charge < -0.3 is 28.8 Å². The summed E-state index contributed by atoms with van der Waals surface area (Å²) in [4.78, 5) is 37.2. The largest absolute Gasteiger partial charge is 0.756 e. The van der Waals surface area contributed by atoms with E-state index < -0.39 is 26.6 Å². The highest BCUT2D eigenvalue weighted by Gasteiger charge is 2.23. The van der Waals surface area contributed by atoms with Gasteiger partial charge in [0, 0.05) is 12.8 Å². The number of phosphoric acid groups is 1. The van der Waals surface area contributed by atoms with E-state index in [4.69, 9.17) is 9.05 Å². The van der Waals surface area contributed by atoms with E-state index in [-0.39, 0.29) is 24.7 Å². The first-order valence-electron chi connectivity index (χ1n) is 19.8. The molecule has 0 aromatic carbocycles. The molecule has 0 aliphatic heterocycles. The fourth-order valence-corrected chi connectivity index (χ4v) is 6.03. The summed E-state index contributed by atoms with van der Waals surface area (Å²) in [5.74, 6) is -0.135. The zero-order chi connectivity index (χ0) is 37.4. The number of ketones is 1. The molecule has 9 nitrogen and oxygen atoms in total. The van der Waals surface area contributed by atoms with Gasteiger partial charge in [-0.25, -0.2) is 0 Å². The molecule has 292 valence electrons. The van der Waals surface area contributed by atoms with Gasteiger partial charge in [0.2, 0.25) is 5.91 Å². The standard InChI is InChI=1S/C40H75N2O7P/c1-6-8-10-12-14-15-16-17-18-20-24-28-32-39(44)38(36-49-50(46,47)48-35-34-42(3,4)5)41-40(45)33-29-25-21-23-27-31-37(43)30-26-22-19-13-11-9-7-2/h19,22,26,28,30,32,38-39,44H,6-18,20-21,23-25,27,29,31,33-36H2,1-5H3,(H-,41,45,46,47)/b22-19-,30-26+,32-28+/t38-,39+/m0/s1. The molecule has 0 bridgehead atoms. The van der Waals surface area contributed by atoms with E-state index in [0.29, 0.717) is 23.9 Å². The van der Waals surface area contributed by atoms with Crippen LogP contribution in [-0.2, 0) is 23.2 Å². The molecule has 0 aromatic heterocycles. The highest BCUT2D eigenvalue weighted by molar-refractivity contribution is 7.45. The van der Waals surface area contributed by atoms with E-state index in [0.717, 1.165) is 51.4 Å². The molecule has 0 heterocycles. The lowest BCUT2D eigenvalue weighted by Crippen LogP contribution is -2.45. The maximum absolute atomic E-state index is 12.8. The van der Waals surface area contributed by atoms with Crippen molar-refractivity contribution in [2.75, 3.05) is 40.9 Å². The summed E-state index contributed by atoms with van der Waals surface area (Å²) < 4.78 is 23.0. The molecule has 0 rings (SSSR count). The maximum atomic E-state index is 12.8. The molecular weight excluding hydrogens is 651 g/mol. The average molecular weight is 727 g/mol. The lowest BCUT2D eigenvalue weighted by Gasteiger charge is -2.29. The van der Waals surface area contributed by atoms with Crippen LogP contribution in [0.2, 0.25) is 0 Å². The quantitative estimate of drug-likeness (QED) is 0.0167. The van der Waals surface area contributed by atoms with Gasteiger partial charge in [-0.05, 0) is 44.6 Å². The number of aliphatic hydroxyl groups is 1. The first-order valence-corrected chi connectivity index (χ1v) is 21.3. The van der Waals surface area contributed by atoms with Crippen LogP contribution in [0.15, 0.2) is 36.5 Å². The molecule has 2 N–H and O–H groups in total. The monoisotopic (exact) mass is 727 g/mol. The van der Waals surface area contributed by atoms with Crippen molar-refractivity contribution in [2.24, 2.45) is 0 Å². The number of nitrogens with one attached hydrogen (secondary N) is 1. The van der Waals surface area contributed by atoms with Gasteiger partial charge in [0.1, 0.15) is 13.2 Å². The van der Waals surface area contributed by atoms with Gasteiger partial charge in [-0.2, -0.15) is 0 Å². The molecule has 10 heteroatoms. The molecule has 0 aliphatic carbocycles. The third kappa shape index (κ3) is 33.5. The predicted molar refractivity (Wildman–Crippen MR) is 206 cm³/mol. The summed E-state index contributed by atoms with van der Waals surface area (Å²) in [5.41, 5.74) is 0. The smallest absolute Gasteiger partial charge is 0.268 e. The Balaban J connectivity index is 4.61. The van der Waals surface area contributed by atoms with Crippen LogP contribution in [0.5, 0.6) is 0 Å². The van der Waals surface area contributed by atoms with Crippen molar-refractivity contribution in [3.8, 4) is 0 Å². The van der Waals surface area contributed by atoms with Gasteiger partial charge in [0.25, 0.3) is 7.82 Å². The third-order valence-electron chi connectivity index (χ3n) is 8.57. The second-order valence-electron chi connectivity index (χ2n) is 14.7. The van der Waals surface area contributed by atoms with Gasteiger partial charge in [-0.3, -0.25) is 14.2 Å². The Hall–Kier alpha value is -1.61. The van der Waals surface area contributed by atoms with Crippen LogP contribution >= 0.6 is 7.82 Å². The van der Waals surface area contributed by atoms with Crippen LogP contribution in [0.1, 0.15) is 155 Å². The van der Waals surface area contributed by atoms with Crippen molar-refractivity contribution >= 4 is 19.5 Å².